The number of hydrogen-bond acceptors (Lipinski definition) is 5. The van der Waals surface area contributed by atoms with Crippen molar-refractivity contribution in [3.05, 3.63) is 28.2 Å². The number of amides is 2. The van der Waals surface area contributed by atoms with Gasteiger partial charge in [0, 0.05) is 11.9 Å². The maximum Gasteiger partial charge on any atom is 0.338 e. The molecular formula is C12H15N5O3S. The fraction of sp³-hybridized carbons (Fsp3) is 0.333. The van der Waals surface area contributed by atoms with Gasteiger partial charge < -0.3 is 10.4 Å². The van der Waals surface area contributed by atoms with E-state index in [0.29, 0.717) is 16.4 Å². The van der Waals surface area contributed by atoms with Crippen LogP contribution in [0.3, 0.4) is 0 Å². The summed E-state index contributed by atoms with van der Waals surface area (Å²) in [5, 5.41) is 18.7. The molecule has 3 N–H and O–H groups in total. The zero-order chi connectivity index (χ0) is 15.6. The molecule has 2 aromatic rings. The number of thiophene rings is 1. The number of carbonyl (C=O) groups is 2. The van der Waals surface area contributed by atoms with Gasteiger partial charge in [-0.1, -0.05) is 0 Å². The van der Waals surface area contributed by atoms with Crippen LogP contribution in [-0.2, 0) is 13.6 Å². The number of nitrogens with one attached hydrogen (secondary N) is 2. The second kappa shape index (κ2) is 5.92. The van der Waals surface area contributed by atoms with Gasteiger partial charge in [-0.2, -0.15) is 5.10 Å². The van der Waals surface area contributed by atoms with E-state index >= 15 is 0 Å². The first kappa shape index (κ1) is 15.0. The Bertz CT molecular complexity index is 691. The van der Waals surface area contributed by atoms with Crippen molar-refractivity contribution in [2.45, 2.75) is 20.4 Å². The fourth-order valence-corrected chi connectivity index (χ4v) is 2.79. The molecule has 21 heavy (non-hydrogen) atoms. The third-order valence-electron chi connectivity index (χ3n) is 2.88. The summed E-state index contributed by atoms with van der Waals surface area (Å²) in [5.74, 6) is -0.580. The van der Waals surface area contributed by atoms with Gasteiger partial charge in [-0.05, 0) is 19.4 Å². The molecule has 0 bridgehead atoms. The summed E-state index contributed by atoms with van der Waals surface area (Å²) in [7, 11) is 1.73. The zero-order valence-corrected chi connectivity index (χ0v) is 12.6. The molecule has 0 aliphatic carbocycles. The Hall–Kier alpha value is -2.42. The Kier molecular flexibility index (Phi) is 4.22. The molecule has 2 aromatic heterocycles. The lowest BCUT2D eigenvalue weighted by molar-refractivity contribution is 0.0697. The molecule has 0 radical (unpaired) electrons. The molecule has 0 saturated heterocycles. The van der Waals surface area contributed by atoms with Crippen LogP contribution in [0.4, 0.5) is 9.80 Å². The van der Waals surface area contributed by atoms with Crippen molar-refractivity contribution in [3.63, 3.8) is 0 Å². The minimum Gasteiger partial charge on any atom is -0.478 e. The molecular weight excluding hydrogens is 294 g/mol. The van der Waals surface area contributed by atoms with E-state index in [1.54, 1.807) is 14.0 Å². The third-order valence-corrected chi connectivity index (χ3v) is 4.00. The van der Waals surface area contributed by atoms with E-state index < -0.39 is 12.0 Å². The number of anilines is 1. The number of urea groups is 1. The lowest BCUT2D eigenvalue weighted by Gasteiger charge is -2.05. The second-order valence-electron chi connectivity index (χ2n) is 4.43. The SMILES string of the molecule is Cc1sc(NC(=O)NCc2ncn(C)n2)c(C(=O)O)c1C. The molecule has 0 spiro atoms. The van der Waals surface area contributed by atoms with Crippen LogP contribution in [-0.4, -0.2) is 31.9 Å². The lowest BCUT2D eigenvalue weighted by atomic mass is 10.1. The highest BCUT2D eigenvalue weighted by molar-refractivity contribution is 7.16. The van der Waals surface area contributed by atoms with Crippen molar-refractivity contribution in [1.29, 1.82) is 0 Å². The molecule has 2 heterocycles. The van der Waals surface area contributed by atoms with Gasteiger partial charge in [0.25, 0.3) is 0 Å². The van der Waals surface area contributed by atoms with Crippen molar-refractivity contribution in [2.24, 2.45) is 7.05 Å². The molecule has 0 aromatic carbocycles. The van der Waals surface area contributed by atoms with Crippen molar-refractivity contribution >= 4 is 28.3 Å². The van der Waals surface area contributed by atoms with Crippen LogP contribution in [0.15, 0.2) is 6.33 Å². The molecule has 2 rings (SSSR count). The highest BCUT2D eigenvalue weighted by Crippen LogP contribution is 2.32. The van der Waals surface area contributed by atoms with Crippen LogP contribution >= 0.6 is 11.3 Å². The number of aromatic nitrogens is 3. The monoisotopic (exact) mass is 309 g/mol. The number of carboxylic acid groups (broad SMARTS) is 1. The molecule has 0 unspecified atom stereocenters. The summed E-state index contributed by atoms with van der Waals surface area (Å²) in [5.41, 5.74) is 0.790. The highest BCUT2D eigenvalue weighted by atomic mass is 32.1. The summed E-state index contributed by atoms with van der Waals surface area (Å²) in [4.78, 5) is 27.9. The van der Waals surface area contributed by atoms with Crippen LogP contribution in [0.25, 0.3) is 0 Å². The molecule has 0 saturated carbocycles. The first-order valence-corrected chi connectivity index (χ1v) is 6.92. The van der Waals surface area contributed by atoms with E-state index in [1.807, 2.05) is 6.92 Å². The molecule has 0 aliphatic rings. The van der Waals surface area contributed by atoms with E-state index in [1.165, 1.54) is 22.3 Å². The van der Waals surface area contributed by atoms with Crippen LogP contribution in [0.2, 0.25) is 0 Å². The van der Waals surface area contributed by atoms with E-state index in [0.717, 1.165) is 4.88 Å². The first-order valence-electron chi connectivity index (χ1n) is 6.11. The zero-order valence-electron chi connectivity index (χ0n) is 11.8. The van der Waals surface area contributed by atoms with Crippen LogP contribution in [0.5, 0.6) is 0 Å². The maximum atomic E-state index is 11.8. The van der Waals surface area contributed by atoms with Gasteiger partial charge in [0.1, 0.15) is 11.3 Å². The smallest absolute Gasteiger partial charge is 0.338 e. The van der Waals surface area contributed by atoms with Crippen LogP contribution < -0.4 is 10.6 Å². The fourth-order valence-electron chi connectivity index (χ4n) is 1.74. The average molecular weight is 309 g/mol. The number of nitrogens with zero attached hydrogens (tertiary/aromatic N) is 3. The number of rotatable bonds is 4. The van der Waals surface area contributed by atoms with Gasteiger partial charge in [0.15, 0.2) is 5.82 Å². The van der Waals surface area contributed by atoms with Gasteiger partial charge in [0.2, 0.25) is 0 Å². The number of carboxylic acids is 1. The van der Waals surface area contributed by atoms with Crippen molar-refractivity contribution in [3.8, 4) is 0 Å². The lowest BCUT2D eigenvalue weighted by Crippen LogP contribution is -2.29. The molecule has 8 nitrogen and oxygen atoms in total. The normalized spacial score (nSPS) is 10.4. The number of aryl methyl sites for hydroxylation is 2. The molecule has 112 valence electrons. The maximum absolute atomic E-state index is 11.8. The first-order chi connectivity index (χ1) is 9.88. The quantitative estimate of drug-likeness (QED) is 0.793. The highest BCUT2D eigenvalue weighted by Gasteiger charge is 2.20. The van der Waals surface area contributed by atoms with Crippen molar-refractivity contribution < 1.29 is 14.7 Å². The van der Waals surface area contributed by atoms with E-state index in [-0.39, 0.29) is 12.1 Å². The summed E-state index contributed by atoms with van der Waals surface area (Å²) in [6.45, 7) is 3.70. The average Bonchev–Trinajstić information content (AvgIpc) is 2.92. The molecule has 0 fully saturated rings. The van der Waals surface area contributed by atoms with Crippen molar-refractivity contribution in [1.82, 2.24) is 20.1 Å². The van der Waals surface area contributed by atoms with E-state index in [2.05, 4.69) is 20.7 Å². The predicted molar refractivity (Wildman–Crippen MR) is 77.6 cm³/mol. The number of carbonyl (C=O) groups excluding carboxylic acids is 1. The Labute approximate surface area is 124 Å². The van der Waals surface area contributed by atoms with Gasteiger partial charge in [-0.15, -0.1) is 11.3 Å². The van der Waals surface area contributed by atoms with Gasteiger partial charge in [-0.25, -0.2) is 14.6 Å². The molecule has 0 aliphatic heterocycles. The largest absolute Gasteiger partial charge is 0.478 e. The molecule has 9 heteroatoms. The Morgan fingerprint density at radius 2 is 2.14 bits per heavy atom. The minimum absolute atomic E-state index is 0.128. The van der Waals surface area contributed by atoms with Crippen molar-refractivity contribution in [2.75, 3.05) is 5.32 Å². The Balaban J connectivity index is 2.03. The van der Waals surface area contributed by atoms with Crippen LogP contribution in [0, 0.1) is 13.8 Å². The Morgan fingerprint density at radius 1 is 1.43 bits per heavy atom. The van der Waals surface area contributed by atoms with Gasteiger partial charge in [-0.3, -0.25) is 10.00 Å². The van der Waals surface area contributed by atoms with Gasteiger partial charge in [0.05, 0.1) is 12.1 Å². The number of hydrogen-bond donors (Lipinski definition) is 3. The topological polar surface area (TPSA) is 109 Å². The molecule has 0 atom stereocenters. The molecule has 2 amide bonds. The minimum atomic E-state index is -1.06. The third kappa shape index (κ3) is 3.37. The predicted octanol–water partition coefficient (Wildman–Crippen LogP) is 1.51. The number of aromatic carboxylic acids is 1. The van der Waals surface area contributed by atoms with E-state index in [9.17, 15) is 14.7 Å². The second-order valence-corrected chi connectivity index (χ2v) is 5.66. The summed E-state index contributed by atoms with van der Waals surface area (Å²) < 4.78 is 1.53. The Morgan fingerprint density at radius 3 is 2.71 bits per heavy atom. The van der Waals surface area contributed by atoms with Crippen LogP contribution in [0.1, 0.15) is 26.6 Å². The summed E-state index contributed by atoms with van der Waals surface area (Å²) in [6.07, 6.45) is 1.53. The van der Waals surface area contributed by atoms with Gasteiger partial charge >= 0.3 is 12.0 Å². The standard InChI is InChI=1S/C12H15N5O3S/c1-6-7(2)21-10(9(6)11(18)19)15-12(20)13-4-8-14-5-17(3)16-8/h5H,4H2,1-3H3,(H,18,19)(H2,13,15,20). The van der Waals surface area contributed by atoms with E-state index in [4.69, 9.17) is 0 Å². The summed E-state index contributed by atoms with van der Waals surface area (Å²) >= 11 is 1.24. The summed E-state index contributed by atoms with van der Waals surface area (Å²) in [6, 6.07) is -0.494.